The van der Waals surface area contributed by atoms with Gasteiger partial charge < -0.3 is 14.4 Å². The standard InChI is InChI=1S/C23H36N4O4/c1-3-31-22(29)23-8-4-20(25-12-14-30-15-13-25)16-19(23)6-9-26(17-23)21(28)7-11-27-10-5-18(2)24-27/h5,10,19-20H,3-4,6-9,11-17H2,1-2H3/t19-,20+,23-/m1/s1. The van der Waals surface area contributed by atoms with Crippen molar-refractivity contribution in [3.05, 3.63) is 18.0 Å². The molecule has 3 atom stereocenters. The molecular weight excluding hydrogens is 396 g/mol. The average molecular weight is 433 g/mol. The normalized spacial score (nSPS) is 29.4. The molecule has 0 aromatic carbocycles. The number of morpholine rings is 1. The first-order valence-corrected chi connectivity index (χ1v) is 11.8. The van der Waals surface area contributed by atoms with Crippen molar-refractivity contribution in [3.8, 4) is 0 Å². The van der Waals surface area contributed by atoms with Crippen LogP contribution in [0.4, 0.5) is 0 Å². The molecule has 1 amide bonds. The molecule has 1 aromatic rings. The number of aryl methyl sites for hydroxylation is 2. The lowest BCUT2D eigenvalue weighted by atomic mass is 9.61. The summed E-state index contributed by atoms with van der Waals surface area (Å²) in [5.74, 6) is 0.261. The fourth-order valence-corrected chi connectivity index (χ4v) is 5.69. The molecular formula is C23H36N4O4. The van der Waals surface area contributed by atoms with Crippen LogP contribution in [-0.4, -0.2) is 83.5 Å². The van der Waals surface area contributed by atoms with Gasteiger partial charge in [0.05, 0.1) is 30.9 Å². The van der Waals surface area contributed by atoms with Crippen LogP contribution >= 0.6 is 0 Å². The molecule has 1 aromatic heterocycles. The van der Waals surface area contributed by atoms with E-state index in [0.717, 1.165) is 64.2 Å². The lowest BCUT2D eigenvalue weighted by Gasteiger charge is -2.52. The van der Waals surface area contributed by atoms with Gasteiger partial charge in [0, 0.05) is 51.4 Å². The number of esters is 1. The minimum absolute atomic E-state index is 0.102. The van der Waals surface area contributed by atoms with Gasteiger partial charge in [-0.15, -0.1) is 0 Å². The number of amides is 1. The number of hydrogen-bond acceptors (Lipinski definition) is 6. The Balaban J connectivity index is 1.43. The second-order valence-electron chi connectivity index (χ2n) is 9.22. The second-order valence-corrected chi connectivity index (χ2v) is 9.22. The molecule has 31 heavy (non-hydrogen) atoms. The molecule has 3 fully saturated rings. The third kappa shape index (κ3) is 4.80. The van der Waals surface area contributed by atoms with Crippen molar-refractivity contribution < 1.29 is 19.1 Å². The molecule has 3 aliphatic rings. The van der Waals surface area contributed by atoms with Gasteiger partial charge in [-0.25, -0.2) is 0 Å². The van der Waals surface area contributed by atoms with Crippen molar-refractivity contribution in [2.24, 2.45) is 11.3 Å². The summed E-state index contributed by atoms with van der Waals surface area (Å²) >= 11 is 0. The van der Waals surface area contributed by atoms with Crippen LogP contribution in [0.1, 0.15) is 44.7 Å². The summed E-state index contributed by atoms with van der Waals surface area (Å²) in [6, 6.07) is 2.44. The Labute approximate surface area is 184 Å². The Morgan fingerprint density at radius 2 is 2.06 bits per heavy atom. The third-order valence-corrected chi connectivity index (χ3v) is 7.41. The highest BCUT2D eigenvalue weighted by molar-refractivity contribution is 5.81. The first-order valence-electron chi connectivity index (χ1n) is 11.8. The summed E-state index contributed by atoms with van der Waals surface area (Å²) in [6.45, 7) is 9.50. The van der Waals surface area contributed by atoms with E-state index < -0.39 is 5.41 Å². The Bertz CT molecular complexity index is 775. The van der Waals surface area contributed by atoms with E-state index in [4.69, 9.17) is 9.47 Å². The van der Waals surface area contributed by atoms with Crippen LogP contribution in [0.5, 0.6) is 0 Å². The third-order valence-electron chi connectivity index (χ3n) is 7.41. The monoisotopic (exact) mass is 432 g/mol. The minimum Gasteiger partial charge on any atom is -0.466 e. The fourth-order valence-electron chi connectivity index (χ4n) is 5.69. The molecule has 3 heterocycles. The zero-order chi connectivity index (χ0) is 21.8. The lowest BCUT2D eigenvalue weighted by molar-refractivity contribution is -0.171. The Morgan fingerprint density at radius 3 is 2.77 bits per heavy atom. The molecule has 0 bridgehead atoms. The quantitative estimate of drug-likeness (QED) is 0.639. The van der Waals surface area contributed by atoms with Crippen molar-refractivity contribution in [3.63, 3.8) is 0 Å². The van der Waals surface area contributed by atoms with Gasteiger partial charge in [-0.05, 0) is 51.5 Å². The summed E-state index contributed by atoms with van der Waals surface area (Å²) in [5.41, 5.74) is 0.390. The highest BCUT2D eigenvalue weighted by Gasteiger charge is 2.54. The summed E-state index contributed by atoms with van der Waals surface area (Å²) in [4.78, 5) is 30.6. The number of rotatable bonds is 6. The van der Waals surface area contributed by atoms with Crippen molar-refractivity contribution in [2.45, 2.75) is 58.5 Å². The maximum atomic E-state index is 13.2. The molecule has 2 saturated heterocycles. The van der Waals surface area contributed by atoms with Crippen molar-refractivity contribution in [1.82, 2.24) is 19.6 Å². The SMILES string of the molecule is CCOC(=O)[C@@]12CC[C@H](N3CCOCC3)C[C@H]1CCN(C(=O)CCn1ccc(C)n1)C2. The van der Waals surface area contributed by atoms with E-state index in [0.29, 0.717) is 32.2 Å². The first-order chi connectivity index (χ1) is 15.0. The van der Waals surface area contributed by atoms with Gasteiger partial charge in [0.2, 0.25) is 5.91 Å². The number of fused-ring (bicyclic) bond motifs is 1. The van der Waals surface area contributed by atoms with Crippen molar-refractivity contribution in [2.75, 3.05) is 46.0 Å². The molecule has 0 N–H and O–H groups in total. The predicted molar refractivity (Wildman–Crippen MR) is 115 cm³/mol. The Hall–Kier alpha value is -1.93. The predicted octanol–water partition coefficient (Wildman–Crippen LogP) is 1.86. The van der Waals surface area contributed by atoms with Crippen molar-refractivity contribution >= 4 is 11.9 Å². The van der Waals surface area contributed by atoms with E-state index in [9.17, 15) is 9.59 Å². The Morgan fingerprint density at radius 1 is 1.26 bits per heavy atom. The molecule has 8 nitrogen and oxygen atoms in total. The number of hydrogen-bond donors (Lipinski definition) is 0. The number of piperidine rings is 1. The van der Waals surface area contributed by atoms with Crippen LogP contribution in [0.3, 0.4) is 0 Å². The smallest absolute Gasteiger partial charge is 0.314 e. The molecule has 1 aliphatic carbocycles. The number of likely N-dealkylation sites (tertiary alicyclic amines) is 1. The highest BCUT2D eigenvalue weighted by Crippen LogP contribution is 2.48. The molecule has 1 saturated carbocycles. The average Bonchev–Trinajstić information content (AvgIpc) is 3.22. The summed E-state index contributed by atoms with van der Waals surface area (Å²) in [6.07, 6.45) is 5.95. The summed E-state index contributed by atoms with van der Waals surface area (Å²) in [5, 5.41) is 4.37. The molecule has 0 spiro atoms. The van der Waals surface area contributed by atoms with Crippen LogP contribution in [0.2, 0.25) is 0 Å². The second kappa shape index (κ2) is 9.69. The number of carbonyl (C=O) groups excluding carboxylic acids is 2. The maximum Gasteiger partial charge on any atom is 0.314 e. The van der Waals surface area contributed by atoms with Gasteiger partial charge in [-0.3, -0.25) is 19.2 Å². The van der Waals surface area contributed by atoms with Crippen LogP contribution in [0.25, 0.3) is 0 Å². The topological polar surface area (TPSA) is 76.9 Å². The van der Waals surface area contributed by atoms with Crippen LogP contribution in [0.15, 0.2) is 12.3 Å². The summed E-state index contributed by atoms with van der Waals surface area (Å²) < 4.78 is 12.9. The minimum atomic E-state index is -0.561. The van der Waals surface area contributed by atoms with Crippen LogP contribution in [-0.2, 0) is 25.6 Å². The molecule has 0 radical (unpaired) electrons. The number of ether oxygens (including phenoxy) is 2. The van der Waals surface area contributed by atoms with E-state index in [2.05, 4.69) is 10.00 Å². The van der Waals surface area contributed by atoms with Gasteiger partial charge in [0.15, 0.2) is 0 Å². The number of carbonyl (C=O) groups is 2. The highest BCUT2D eigenvalue weighted by atomic mass is 16.5. The molecule has 8 heteroatoms. The molecule has 0 unspecified atom stereocenters. The van der Waals surface area contributed by atoms with Crippen LogP contribution in [0, 0.1) is 18.3 Å². The van der Waals surface area contributed by atoms with Crippen molar-refractivity contribution in [1.29, 1.82) is 0 Å². The van der Waals surface area contributed by atoms with Gasteiger partial charge in [0.25, 0.3) is 0 Å². The Kier molecular flexibility index (Phi) is 6.96. The molecule has 2 aliphatic heterocycles. The number of nitrogens with zero attached hydrogens (tertiary/aromatic N) is 4. The van der Waals surface area contributed by atoms with Gasteiger partial charge in [-0.2, -0.15) is 5.10 Å². The summed E-state index contributed by atoms with van der Waals surface area (Å²) in [7, 11) is 0. The molecule has 4 rings (SSSR count). The van der Waals surface area contributed by atoms with Crippen LogP contribution < -0.4 is 0 Å². The largest absolute Gasteiger partial charge is 0.466 e. The fraction of sp³-hybridized carbons (Fsp3) is 0.783. The first kappa shape index (κ1) is 22.3. The van der Waals surface area contributed by atoms with Gasteiger partial charge in [-0.1, -0.05) is 0 Å². The zero-order valence-corrected chi connectivity index (χ0v) is 18.9. The van der Waals surface area contributed by atoms with E-state index in [1.165, 1.54) is 0 Å². The zero-order valence-electron chi connectivity index (χ0n) is 18.9. The van der Waals surface area contributed by atoms with Gasteiger partial charge >= 0.3 is 5.97 Å². The number of aromatic nitrogens is 2. The molecule has 172 valence electrons. The lowest BCUT2D eigenvalue weighted by Crippen LogP contribution is -2.59. The van der Waals surface area contributed by atoms with E-state index in [1.54, 1.807) is 0 Å². The van der Waals surface area contributed by atoms with E-state index >= 15 is 0 Å². The maximum absolute atomic E-state index is 13.2. The van der Waals surface area contributed by atoms with Gasteiger partial charge in [0.1, 0.15) is 0 Å². The van der Waals surface area contributed by atoms with E-state index in [-0.39, 0.29) is 17.8 Å². The van der Waals surface area contributed by atoms with E-state index in [1.807, 2.05) is 35.7 Å².